The van der Waals surface area contributed by atoms with Gasteiger partial charge in [-0.05, 0) is 24.3 Å². The number of aromatic nitrogens is 1. The van der Waals surface area contributed by atoms with E-state index >= 15 is 0 Å². The Labute approximate surface area is 155 Å². The lowest BCUT2D eigenvalue weighted by Gasteiger charge is -2.39. The first-order valence-electron chi connectivity index (χ1n) is 8.73. The van der Waals surface area contributed by atoms with Crippen LogP contribution in [0.5, 0.6) is 5.75 Å². The number of rotatable bonds is 4. The highest BCUT2D eigenvalue weighted by atomic mass is 16.7. The molecule has 1 aliphatic heterocycles. The molecule has 0 saturated carbocycles. The molecular formula is C20H21NO6. The number of aliphatic hydroxyl groups is 4. The van der Waals surface area contributed by atoms with Gasteiger partial charge in [-0.2, -0.15) is 0 Å². The summed E-state index contributed by atoms with van der Waals surface area (Å²) in [5.74, 6) is 0.457. The fraction of sp³-hybridized carbons (Fsp3) is 0.300. The molecule has 1 fully saturated rings. The van der Waals surface area contributed by atoms with Crippen LogP contribution in [0.2, 0.25) is 0 Å². The Bertz CT molecular complexity index is 909. The van der Waals surface area contributed by atoms with Gasteiger partial charge < -0.3 is 34.5 Å². The molecule has 1 aliphatic rings. The van der Waals surface area contributed by atoms with Crippen molar-refractivity contribution in [2.24, 2.45) is 0 Å². The van der Waals surface area contributed by atoms with Crippen LogP contribution in [0, 0.1) is 0 Å². The lowest BCUT2D eigenvalue weighted by atomic mass is 9.99. The highest BCUT2D eigenvalue weighted by molar-refractivity contribution is 5.88. The van der Waals surface area contributed by atoms with Gasteiger partial charge in [-0.1, -0.05) is 30.3 Å². The van der Waals surface area contributed by atoms with E-state index in [0.29, 0.717) is 5.75 Å². The van der Waals surface area contributed by atoms with Crippen LogP contribution in [0.3, 0.4) is 0 Å². The second-order valence-electron chi connectivity index (χ2n) is 6.53. The maximum absolute atomic E-state index is 10.2. The largest absolute Gasteiger partial charge is 0.460 e. The molecule has 1 aromatic heterocycles. The summed E-state index contributed by atoms with van der Waals surface area (Å²) < 4.78 is 13.3. The smallest absolute Gasteiger partial charge is 0.229 e. The van der Waals surface area contributed by atoms with Gasteiger partial charge in [-0.3, -0.25) is 0 Å². The van der Waals surface area contributed by atoms with Gasteiger partial charge in [0.15, 0.2) is 0 Å². The molecule has 0 bridgehead atoms. The van der Waals surface area contributed by atoms with Crippen LogP contribution >= 0.6 is 0 Å². The molecule has 2 heterocycles. The number of hydrogen-bond acceptors (Lipinski definition) is 6. The summed E-state index contributed by atoms with van der Waals surface area (Å²) in [6, 6.07) is 17.3. The molecule has 142 valence electrons. The molecule has 5 atom stereocenters. The quantitative estimate of drug-likeness (QED) is 0.541. The second-order valence-corrected chi connectivity index (χ2v) is 6.53. The van der Waals surface area contributed by atoms with Crippen LogP contribution in [0.25, 0.3) is 16.6 Å². The zero-order chi connectivity index (χ0) is 19.0. The van der Waals surface area contributed by atoms with Crippen molar-refractivity contribution in [2.75, 3.05) is 6.61 Å². The highest BCUT2D eigenvalue weighted by Gasteiger charge is 2.44. The minimum atomic E-state index is -1.48. The van der Waals surface area contributed by atoms with Gasteiger partial charge >= 0.3 is 0 Å². The van der Waals surface area contributed by atoms with Crippen molar-refractivity contribution in [2.45, 2.75) is 30.7 Å². The van der Waals surface area contributed by atoms with Crippen LogP contribution in [-0.2, 0) is 4.74 Å². The first-order chi connectivity index (χ1) is 13.1. The molecular weight excluding hydrogens is 350 g/mol. The normalized spacial score (nSPS) is 28.4. The number of aliphatic hydroxyl groups excluding tert-OH is 4. The predicted molar refractivity (Wildman–Crippen MR) is 97.7 cm³/mol. The Kier molecular flexibility index (Phi) is 4.86. The van der Waals surface area contributed by atoms with E-state index in [-0.39, 0.29) is 0 Å². The lowest BCUT2D eigenvalue weighted by Crippen LogP contribution is -2.60. The maximum Gasteiger partial charge on any atom is 0.229 e. The van der Waals surface area contributed by atoms with Crippen LogP contribution in [0.4, 0.5) is 0 Å². The molecule has 0 unspecified atom stereocenters. The number of benzene rings is 2. The Morgan fingerprint density at radius 2 is 1.59 bits per heavy atom. The molecule has 1 saturated heterocycles. The van der Waals surface area contributed by atoms with E-state index in [2.05, 4.69) is 0 Å². The van der Waals surface area contributed by atoms with Crippen LogP contribution in [0.15, 0.2) is 60.8 Å². The number of ether oxygens (including phenoxy) is 2. The van der Waals surface area contributed by atoms with Gasteiger partial charge in [-0.25, -0.2) is 0 Å². The topological polar surface area (TPSA) is 104 Å². The Balaban J connectivity index is 1.70. The third kappa shape index (κ3) is 3.20. The first-order valence-corrected chi connectivity index (χ1v) is 8.73. The average Bonchev–Trinajstić information content (AvgIpc) is 3.08. The molecule has 0 radical (unpaired) electrons. The molecule has 7 heteroatoms. The van der Waals surface area contributed by atoms with Gasteiger partial charge in [0.1, 0.15) is 30.2 Å². The standard InChI is InChI=1S/C20H21NO6/c22-11-16-17(23)18(24)19(25)20(27-16)26-15-10-21(12-6-2-1-3-7-12)14-9-5-4-8-13(14)15/h1-10,16-20,22-25H,11H2/t16-,17+,18+,19-,20+/m1/s1. The third-order valence-electron chi connectivity index (χ3n) is 4.80. The summed E-state index contributed by atoms with van der Waals surface area (Å²) in [7, 11) is 0. The number of fused-ring (bicyclic) bond motifs is 1. The second kappa shape index (κ2) is 7.30. The van der Waals surface area contributed by atoms with Gasteiger partial charge in [-0.15, -0.1) is 0 Å². The van der Waals surface area contributed by atoms with Crippen molar-refractivity contribution in [1.82, 2.24) is 4.57 Å². The summed E-state index contributed by atoms with van der Waals surface area (Å²) in [5, 5.41) is 40.2. The van der Waals surface area contributed by atoms with Crippen molar-refractivity contribution in [1.29, 1.82) is 0 Å². The Hall–Kier alpha value is -2.42. The lowest BCUT2D eigenvalue weighted by molar-refractivity contribution is -0.277. The molecule has 27 heavy (non-hydrogen) atoms. The van der Waals surface area contributed by atoms with E-state index in [9.17, 15) is 20.4 Å². The molecule has 3 aromatic rings. The Morgan fingerprint density at radius 1 is 0.889 bits per heavy atom. The highest BCUT2D eigenvalue weighted by Crippen LogP contribution is 2.33. The predicted octanol–water partition coefficient (Wildman–Crippen LogP) is 0.809. The average molecular weight is 371 g/mol. The summed E-state index contributed by atoms with van der Waals surface area (Å²) in [4.78, 5) is 0. The summed E-state index contributed by atoms with van der Waals surface area (Å²) in [5.41, 5.74) is 1.85. The van der Waals surface area contributed by atoms with E-state index in [0.717, 1.165) is 16.6 Å². The fourth-order valence-corrected chi connectivity index (χ4v) is 3.33. The van der Waals surface area contributed by atoms with Gasteiger partial charge in [0.2, 0.25) is 6.29 Å². The zero-order valence-electron chi connectivity index (χ0n) is 14.4. The van der Waals surface area contributed by atoms with Crippen molar-refractivity contribution in [3.8, 4) is 11.4 Å². The maximum atomic E-state index is 10.2. The third-order valence-corrected chi connectivity index (χ3v) is 4.80. The molecule has 0 amide bonds. The number of nitrogens with zero attached hydrogens (tertiary/aromatic N) is 1. The van der Waals surface area contributed by atoms with Gasteiger partial charge in [0, 0.05) is 11.1 Å². The molecule has 4 rings (SSSR count). The van der Waals surface area contributed by atoms with Crippen molar-refractivity contribution in [3.05, 3.63) is 60.8 Å². The van der Waals surface area contributed by atoms with E-state index < -0.39 is 37.3 Å². The van der Waals surface area contributed by atoms with E-state index in [4.69, 9.17) is 9.47 Å². The van der Waals surface area contributed by atoms with E-state index in [1.54, 1.807) is 6.20 Å². The van der Waals surface area contributed by atoms with Crippen molar-refractivity contribution < 1.29 is 29.9 Å². The monoisotopic (exact) mass is 371 g/mol. The SMILES string of the molecule is OC[C@H]1O[C@H](Oc2cn(-c3ccccc3)c3ccccc23)[C@H](O)[C@@H](O)[C@H]1O. The minimum absolute atomic E-state index is 0.457. The number of para-hydroxylation sites is 2. The molecule has 4 N–H and O–H groups in total. The van der Waals surface area contributed by atoms with Crippen LogP contribution < -0.4 is 4.74 Å². The van der Waals surface area contributed by atoms with E-state index in [1.165, 1.54) is 0 Å². The fourth-order valence-electron chi connectivity index (χ4n) is 3.33. The summed E-state index contributed by atoms with van der Waals surface area (Å²) in [6.07, 6.45) is -4.83. The van der Waals surface area contributed by atoms with Crippen molar-refractivity contribution in [3.63, 3.8) is 0 Å². The van der Waals surface area contributed by atoms with Gasteiger partial charge in [0.05, 0.1) is 18.3 Å². The molecule has 2 aromatic carbocycles. The summed E-state index contributed by atoms with van der Waals surface area (Å²) >= 11 is 0. The number of hydrogen-bond donors (Lipinski definition) is 4. The molecule has 0 aliphatic carbocycles. The molecule has 0 spiro atoms. The minimum Gasteiger partial charge on any atom is -0.460 e. The molecule has 7 nitrogen and oxygen atoms in total. The summed E-state index contributed by atoms with van der Waals surface area (Å²) in [6.45, 7) is -0.503. The van der Waals surface area contributed by atoms with Crippen LogP contribution in [0.1, 0.15) is 0 Å². The Morgan fingerprint density at radius 3 is 2.33 bits per heavy atom. The van der Waals surface area contributed by atoms with Crippen molar-refractivity contribution >= 4 is 10.9 Å². The van der Waals surface area contributed by atoms with Gasteiger partial charge in [0.25, 0.3) is 0 Å². The zero-order valence-corrected chi connectivity index (χ0v) is 14.4. The first kappa shape index (κ1) is 18.0. The van der Waals surface area contributed by atoms with Crippen LogP contribution in [-0.4, -0.2) is 62.3 Å². The van der Waals surface area contributed by atoms with E-state index in [1.807, 2.05) is 59.2 Å².